The lowest BCUT2D eigenvalue weighted by Gasteiger charge is -2.37. The minimum atomic E-state index is -0.375. The quantitative estimate of drug-likeness (QED) is 0.806. The van der Waals surface area contributed by atoms with Gasteiger partial charge in [0.15, 0.2) is 5.96 Å². The van der Waals surface area contributed by atoms with Crippen molar-refractivity contribution in [1.82, 2.24) is 10.6 Å². The molecule has 1 aliphatic heterocycles. The normalized spacial score (nSPS) is 34.1. The number of rotatable bonds is 3. The predicted octanol–water partition coefficient (Wildman–Crippen LogP) is 2.06. The van der Waals surface area contributed by atoms with Gasteiger partial charge in [0.05, 0.1) is 0 Å². The third-order valence-electron chi connectivity index (χ3n) is 4.25. The monoisotopic (exact) mass is 251 g/mol. The van der Waals surface area contributed by atoms with Crippen molar-refractivity contribution in [1.29, 1.82) is 0 Å². The highest BCUT2D eigenvalue weighted by molar-refractivity contribution is 6.09. The van der Waals surface area contributed by atoms with E-state index < -0.39 is 0 Å². The molecule has 1 amide bonds. The lowest BCUT2D eigenvalue weighted by molar-refractivity contribution is -0.125. The summed E-state index contributed by atoms with van der Waals surface area (Å²) >= 11 is 0. The number of hydrogen-bond donors (Lipinski definition) is 2. The number of nitrogens with zero attached hydrogens (tertiary/aromatic N) is 1. The highest BCUT2D eigenvalue weighted by Crippen LogP contribution is 2.37. The van der Waals surface area contributed by atoms with Crippen LogP contribution in [-0.4, -0.2) is 24.0 Å². The van der Waals surface area contributed by atoms with Crippen LogP contribution in [0.3, 0.4) is 0 Å². The summed E-state index contributed by atoms with van der Waals surface area (Å²) in [5.74, 6) is 2.10. The third kappa shape index (κ3) is 2.52. The van der Waals surface area contributed by atoms with Crippen molar-refractivity contribution in [3.63, 3.8) is 0 Å². The summed E-state index contributed by atoms with van der Waals surface area (Å²) < 4.78 is 0. The van der Waals surface area contributed by atoms with Crippen LogP contribution in [0.5, 0.6) is 0 Å². The van der Waals surface area contributed by atoms with E-state index in [-0.39, 0.29) is 11.4 Å². The summed E-state index contributed by atoms with van der Waals surface area (Å²) in [7, 11) is 0. The molecule has 2 unspecified atom stereocenters. The summed E-state index contributed by atoms with van der Waals surface area (Å²) in [6.07, 6.45) is 5.26. The molecule has 18 heavy (non-hydrogen) atoms. The van der Waals surface area contributed by atoms with Gasteiger partial charge in [0.1, 0.15) is 5.54 Å². The second-order valence-corrected chi connectivity index (χ2v) is 5.99. The maximum atomic E-state index is 12.2. The number of aliphatic imine (C=N–C) groups is 1. The lowest BCUT2D eigenvalue weighted by Crippen LogP contribution is -2.51. The summed E-state index contributed by atoms with van der Waals surface area (Å²) in [6, 6.07) is 0. The van der Waals surface area contributed by atoms with Crippen LogP contribution in [0, 0.1) is 11.8 Å². The van der Waals surface area contributed by atoms with E-state index in [0.717, 1.165) is 32.2 Å². The van der Waals surface area contributed by atoms with Gasteiger partial charge >= 0.3 is 0 Å². The van der Waals surface area contributed by atoms with Gasteiger partial charge in [-0.15, -0.1) is 0 Å². The molecule has 1 spiro atoms. The molecular weight excluding hydrogens is 226 g/mol. The zero-order chi connectivity index (χ0) is 13.2. The van der Waals surface area contributed by atoms with E-state index in [1.54, 1.807) is 0 Å². The van der Waals surface area contributed by atoms with Gasteiger partial charge in [0.2, 0.25) is 0 Å². The Bertz CT molecular complexity index is 351. The van der Waals surface area contributed by atoms with E-state index in [1.807, 2.05) is 0 Å². The summed E-state index contributed by atoms with van der Waals surface area (Å²) in [5, 5.41) is 6.27. The van der Waals surface area contributed by atoms with Crippen LogP contribution in [0.2, 0.25) is 0 Å². The first-order valence-electron chi connectivity index (χ1n) is 7.21. The summed E-state index contributed by atoms with van der Waals surface area (Å²) in [4.78, 5) is 16.6. The predicted molar refractivity (Wildman–Crippen MR) is 73.4 cm³/mol. The van der Waals surface area contributed by atoms with Crippen LogP contribution in [0.25, 0.3) is 0 Å². The molecule has 0 radical (unpaired) electrons. The van der Waals surface area contributed by atoms with Crippen molar-refractivity contribution in [3.05, 3.63) is 0 Å². The van der Waals surface area contributed by atoms with E-state index in [9.17, 15) is 4.79 Å². The Labute approximate surface area is 110 Å². The van der Waals surface area contributed by atoms with Gasteiger partial charge in [0.25, 0.3) is 5.91 Å². The van der Waals surface area contributed by atoms with Crippen molar-refractivity contribution in [2.45, 2.75) is 58.4 Å². The molecule has 4 nitrogen and oxygen atoms in total. The molecule has 0 aromatic carbocycles. The van der Waals surface area contributed by atoms with Crippen LogP contribution >= 0.6 is 0 Å². The molecule has 0 aromatic heterocycles. The fourth-order valence-electron chi connectivity index (χ4n) is 3.05. The first-order valence-corrected chi connectivity index (χ1v) is 7.21. The molecule has 4 heteroatoms. The summed E-state index contributed by atoms with van der Waals surface area (Å²) in [6.45, 7) is 7.36. The average Bonchev–Trinajstić information content (AvgIpc) is 2.63. The number of amides is 1. The molecule has 2 aliphatic rings. The first-order chi connectivity index (χ1) is 8.57. The zero-order valence-corrected chi connectivity index (χ0v) is 11.8. The van der Waals surface area contributed by atoms with E-state index in [4.69, 9.17) is 0 Å². The highest BCUT2D eigenvalue weighted by Gasteiger charge is 2.48. The molecule has 2 rings (SSSR count). The molecule has 2 N–H and O–H groups in total. The Balaban J connectivity index is 2.09. The molecule has 102 valence electrons. The molecule has 0 bridgehead atoms. The van der Waals surface area contributed by atoms with E-state index in [1.165, 1.54) is 6.42 Å². The smallest absolute Gasteiger partial charge is 0.252 e. The maximum Gasteiger partial charge on any atom is 0.252 e. The summed E-state index contributed by atoms with van der Waals surface area (Å²) in [5.41, 5.74) is -0.375. The SMILES string of the molecule is CCCN=C1NC(=O)C2(CCCC(C(C)C)C2)N1. The minimum Gasteiger partial charge on any atom is -0.342 e. The standard InChI is InChI=1S/C14H25N3O/c1-4-8-15-13-16-12(18)14(17-13)7-5-6-11(9-14)10(2)3/h10-11H,4-9H2,1-3H3,(H2,15,16,17,18). The van der Waals surface area contributed by atoms with Crippen molar-refractivity contribution in [2.24, 2.45) is 16.8 Å². The lowest BCUT2D eigenvalue weighted by atomic mass is 9.72. The highest BCUT2D eigenvalue weighted by atomic mass is 16.2. The van der Waals surface area contributed by atoms with E-state index in [0.29, 0.717) is 17.8 Å². The van der Waals surface area contributed by atoms with Gasteiger partial charge in [-0.3, -0.25) is 15.1 Å². The molecule has 1 aliphatic carbocycles. The Morgan fingerprint density at radius 1 is 1.50 bits per heavy atom. The molecule has 1 saturated carbocycles. The molecule has 2 atom stereocenters. The molecule has 1 heterocycles. The number of carbonyl (C=O) groups excluding carboxylic acids is 1. The van der Waals surface area contributed by atoms with Crippen LogP contribution in [-0.2, 0) is 4.79 Å². The van der Waals surface area contributed by atoms with Crippen molar-refractivity contribution in [3.8, 4) is 0 Å². The van der Waals surface area contributed by atoms with E-state index in [2.05, 4.69) is 36.4 Å². The van der Waals surface area contributed by atoms with Gasteiger partial charge in [-0.1, -0.05) is 27.2 Å². The van der Waals surface area contributed by atoms with Gasteiger partial charge in [-0.2, -0.15) is 0 Å². The van der Waals surface area contributed by atoms with Crippen LogP contribution in [0.4, 0.5) is 0 Å². The second-order valence-electron chi connectivity index (χ2n) is 5.99. The Morgan fingerprint density at radius 2 is 2.28 bits per heavy atom. The van der Waals surface area contributed by atoms with Gasteiger partial charge in [-0.25, -0.2) is 0 Å². The van der Waals surface area contributed by atoms with Gasteiger partial charge in [-0.05, 0) is 37.5 Å². The van der Waals surface area contributed by atoms with E-state index >= 15 is 0 Å². The molecule has 2 fully saturated rings. The molecule has 0 aromatic rings. The fourth-order valence-corrected chi connectivity index (χ4v) is 3.05. The minimum absolute atomic E-state index is 0.128. The number of carbonyl (C=O) groups is 1. The van der Waals surface area contributed by atoms with Gasteiger partial charge in [0, 0.05) is 6.54 Å². The van der Waals surface area contributed by atoms with Crippen LogP contribution < -0.4 is 10.6 Å². The van der Waals surface area contributed by atoms with Crippen LogP contribution in [0.1, 0.15) is 52.9 Å². The van der Waals surface area contributed by atoms with Crippen molar-refractivity contribution >= 4 is 11.9 Å². The molecular formula is C14H25N3O. The maximum absolute atomic E-state index is 12.2. The Morgan fingerprint density at radius 3 is 2.94 bits per heavy atom. The van der Waals surface area contributed by atoms with Crippen molar-refractivity contribution < 1.29 is 4.79 Å². The zero-order valence-electron chi connectivity index (χ0n) is 11.8. The van der Waals surface area contributed by atoms with Crippen molar-refractivity contribution in [2.75, 3.05) is 6.54 Å². The first kappa shape index (κ1) is 13.4. The topological polar surface area (TPSA) is 53.5 Å². The average molecular weight is 251 g/mol. The molecule has 1 saturated heterocycles. The second kappa shape index (κ2) is 5.29. The largest absolute Gasteiger partial charge is 0.342 e. The number of hydrogen-bond acceptors (Lipinski definition) is 2. The Hall–Kier alpha value is -1.06. The third-order valence-corrected chi connectivity index (χ3v) is 4.25. The number of guanidine groups is 1. The van der Waals surface area contributed by atoms with Gasteiger partial charge < -0.3 is 5.32 Å². The number of nitrogens with one attached hydrogen (secondary N) is 2. The fraction of sp³-hybridized carbons (Fsp3) is 0.857. The van der Waals surface area contributed by atoms with Crippen LogP contribution in [0.15, 0.2) is 4.99 Å². The Kier molecular flexibility index (Phi) is 3.93.